The van der Waals surface area contributed by atoms with E-state index in [1.807, 2.05) is 0 Å². The molecule has 0 saturated carbocycles. The lowest BCUT2D eigenvalue weighted by Crippen LogP contribution is -2.36. The van der Waals surface area contributed by atoms with Gasteiger partial charge in [-0.05, 0) is 13.0 Å². The summed E-state index contributed by atoms with van der Waals surface area (Å²) in [7, 11) is 0. The zero-order valence-electron chi connectivity index (χ0n) is 11.7. The number of nitrogens with one attached hydrogen (secondary N) is 1. The van der Waals surface area contributed by atoms with Gasteiger partial charge in [-0.1, -0.05) is 0 Å². The second-order valence-electron chi connectivity index (χ2n) is 4.63. The first-order valence-electron chi connectivity index (χ1n) is 6.29. The number of hydrogen-bond donors (Lipinski definition) is 2. The molecule has 0 aliphatic heterocycles. The van der Waals surface area contributed by atoms with E-state index in [2.05, 4.69) is 15.4 Å². The summed E-state index contributed by atoms with van der Waals surface area (Å²) in [6.07, 6.45) is -5.82. The minimum atomic E-state index is -5.82. The van der Waals surface area contributed by atoms with Gasteiger partial charge < -0.3 is 10.4 Å². The van der Waals surface area contributed by atoms with Gasteiger partial charge >= 0.3 is 12.1 Å². The van der Waals surface area contributed by atoms with E-state index in [1.54, 1.807) is 0 Å². The number of aliphatic hydroxyl groups excluding tert-OH is 1. The van der Waals surface area contributed by atoms with Crippen LogP contribution in [-0.4, -0.2) is 44.9 Å². The maximum absolute atomic E-state index is 13.6. The first-order chi connectivity index (χ1) is 10.6. The van der Waals surface area contributed by atoms with Crippen LogP contribution >= 0.6 is 0 Å². The van der Waals surface area contributed by atoms with Crippen molar-refractivity contribution in [2.75, 3.05) is 13.2 Å². The largest absolute Gasteiger partial charge is 0.459 e. The van der Waals surface area contributed by atoms with E-state index in [0.717, 1.165) is 6.07 Å². The van der Waals surface area contributed by atoms with Gasteiger partial charge in [0, 0.05) is 18.3 Å². The maximum Gasteiger partial charge on any atom is 0.459 e. The summed E-state index contributed by atoms with van der Waals surface area (Å²) < 4.78 is 65.3. The normalized spacial score (nSPS) is 12.7. The molecule has 0 spiro atoms. The smallest absolute Gasteiger partial charge is 0.395 e. The van der Waals surface area contributed by atoms with Gasteiger partial charge in [-0.25, -0.2) is 9.50 Å². The van der Waals surface area contributed by atoms with Crippen molar-refractivity contribution < 1.29 is 31.9 Å². The Morgan fingerprint density at radius 1 is 1.30 bits per heavy atom. The Balaban J connectivity index is 2.59. The molecular weight excluding hydrogens is 327 g/mol. The SMILES string of the molecule is Cc1cc(C(F)(F)C(F)(F)F)n2nc(C(=O)NCCO)cc2n1. The zero-order chi connectivity index (χ0) is 17.4. The molecule has 0 radical (unpaired) electrons. The highest BCUT2D eigenvalue weighted by Crippen LogP contribution is 2.43. The zero-order valence-corrected chi connectivity index (χ0v) is 11.7. The molecule has 2 aromatic rings. The van der Waals surface area contributed by atoms with Gasteiger partial charge in [0.25, 0.3) is 5.91 Å². The van der Waals surface area contributed by atoms with Crippen LogP contribution in [0.1, 0.15) is 21.9 Å². The molecule has 1 amide bonds. The van der Waals surface area contributed by atoms with Crippen molar-refractivity contribution in [3.05, 3.63) is 29.2 Å². The average Bonchev–Trinajstić information content (AvgIpc) is 2.86. The number of nitrogens with zero attached hydrogens (tertiary/aromatic N) is 3. The molecule has 6 nitrogen and oxygen atoms in total. The van der Waals surface area contributed by atoms with Crippen molar-refractivity contribution in [1.29, 1.82) is 0 Å². The third-order valence-corrected chi connectivity index (χ3v) is 2.86. The van der Waals surface area contributed by atoms with Gasteiger partial charge in [0.15, 0.2) is 11.3 Å². The summed E-state index contributed by atoms with van der Waals surface area (Å²) >= 11 is 0. The molecule has 2 heterocycles. The summed E-state index contributed by atoms with van der Waals surface area (Å²) in [5.41, 5.74) is -2.24. The van der Waals surface area contributed by atoms with Gasteiger partial charge in [-0.3, -0.25) is 4.79 Å². The van der Waals surface area contributed by atoms with Crippen molar-refractivity contribution in [1.82, 2.24) is 19.9 Å². The predicted octanol–water partition coefficient (Wildman–Crippen LogP) is 1.41. The van der Waals surface area contributed by atoms with Crippen LogP contribution in [0.5, 0.6) is 0 Å². The summed E-state index contributed by atoms with van der Waals surface area (Å²) in [5.74, 6) is -5.99. The molecule has 11 heteroatoms. The topological polar surface area (TPSA) is 79.5 Å². The number of halogens is 5. The molecule has 0 bridgehead atoms. The second-order valence-corrected chi connectivity index (χ2v) is 4.63. The summed E-state index contributed by atoms with van der Waals surface area (Å²) in [6, 6.07) is 1.54. The number of aryl methyl sites for hydroxylation is 1. The Hall–Kier alpha value is -2.30. The third-order valence-electron chi connectivity index (χ3n) is 2.86. The predicted molar refractivity (Wildman–Crippen MR) is 67.1 cm³/mol. The second kappa shape index (κ2) is 5.72. The number of carbonyl (C=O) groups is 1. The van der Waals surface area contributed by atoms with Crippen LogP contribution in [0.2, 0.25) is 0 Å². The van der Waals surface area contributed by atoms with Crippen LogP contribution in [-0.2, 0) is 5.92 Å². The van der Waals surface area contributed by atoms with Crippen molar-refractivity contribution in [3.63, 3.8) is 0 Å². The van der Waals surface area contributed by atoms with Crippen molar-refractivity contribution in [2.45, 2.75) is 19.0 Å². The van der Waals surface area contributed by atoms with Gasteiger partial charge in [0.2, 0.25) is 0 Å². The maximum atomic E-state index is 13.6. The quantitative estimate of drug-likeness (QED) is 0.827. The van der Waals surface area contributed by atoms with E-state index < -0.39 is 29.4 Å². The van der Waals surface area contributed by atoms with Crippen LogP contribution in [0.15, 0.2) is 12.1 Å². The lowest BCUT2D eigenvalue weighted by molar-refractivity contribution is -0.291. The van der Waals surface area contributed by atoms with Gasteiger partial charge in [0.1, 0.15) is 5.69 Å². The highest BCUT2D eigenvalue weighted by atomic mass is 19.4. The highest BCUT2D eigenvalue weighted by Gasteiger charge is 2.60. The Kier molecular flexibility index (Phi) is 4.24. The van der Waals surface area contributed by atoms with E-state index in [9.17, 15) is 26.7 Å². The number of fused-ring (bicyclic) bond motifs is 1. The van der Waals surface area contributed by atoms with Crippen molar-refractivity contribution in [3.8, 4) is 0 Å². The minimum Gasteiger partial charge on any atom is -0.395 e. The molecule has 0 saturated heterocycles. The monoisotopic (exact) mass is 338 g/mol. The number of hydrogen-bond acceptors (Lipinski definition) is 4. The molecule has 0 fully saturated rings. The molecule has 2 N–H and O–H groups in total. The molecule has 0 aromatic carbocycles. The van der Waals surface area contributed by atoms with Gasteiger partial charge in [-0.15, -0.1) is 0 Å². The summed E-state index contributed by atoms with van der Waals surface area (Å²) in [6.45, 7) is 0.757. The number of aromatic nitrogens is 3. The van der Waals surface area contributed by atoms with Crippen LogP contribution in [0.3, 0.4) is 0 Å². The lowest BCUT2D eigenvalue weighted by atomic mass is 10.2. The molecule has 0 aliphatic rings. The van der Waals surface area contributed by atoms with E-state index >= 15 is 0 Å². The fraction of sp³-hybridized carbons (Fsp3) is 0.417. The number of amides is 1. The van der Waals surface area contributed by atoms with Crippen molar-refractivity contribution >= 4 is 11.6 Å². The molecular formula is C12H11F5N4O2. The molecule has 2 rings (SSSR count). The van der Waals surface area contributed by atoms with E-state index in [1.165, 1.54) is 6.92 Å². The standard InChI is InChI=1S/C12H11F5N4O2/c1-6-4-8(11(13,14)12(15,16)17)21-9(19-6)5-7(20-21)10(23)18-2-3-22/h4-5,22H,2-3H2,1H3,(H,18,23). The number of aliphatic hydroxyl groups is 1. The summed E-state index contributed by atoms with van der Waals surface area (Å²) in [4.78, 5) is 15.5. The Bertz CT molecular complexity index is 741. The third kappa shape index (κ3) is 3.09. The lowest BCUT2D eigenvalue weighted by Gasteiger charge is -2.20. The molecule has 2 aromatic heterocycles. The average molecular weight is 338 g/mol. The fourth-order valence-electron chi connectivity index (χ4n) is 1.84. The Labute approximate surface area is 125 Å². The Morgan fingerprint density at radius 2 is 1.96 bits per heavy atom. The van der Waals surface area contributed by atoms with Crippen LogP contribution in [0.25, 0.3) is 5.65 Å². The number of carbonyl (C=O) groups excluding carboxylic acids is 1. The van der Waals surface area contributed by atoms with Crippen LogP contribution in [0, 0.1) is 6.92 Å². The van der Waals surface area contributed by atoms with Gasteiger partial charge in [-0.2, -0.15) is 27.1 Å². The Morgan fingerprint density at radius 3 is 2.52 bits per heavy atom. The molecule has 23 heavy (non-hydrogen) atoms. The number of rotatable bonds is 4. The van der Waals surface area contributed by atoms with E-state index in [-0.39, 0.29) is 29.0 Å². The van der Waals surface area contributed by atoms with E-state index in [4.69, 9.17) is 5.11 Å². The minimum absolute atomic E-state index is 0.0846. The molecule has 126 valence electrons. The van der Waals surface area contributed by atoms with Crippen molar-refractivity contribution in [2.24, 2.45) is 0 Å². The molecule has 0 unspecified atom stereocenters. The first kappa shape index (κ1) is 17.1. The first-order valence-corrected chi connectivity index (χ1v) is 6.29. The number of alkyl halides is 5. The fourth-order valence-corrected chi connectivity index (χ4v) is 1.84. The van der Waals surface area contributed by atoms with Crippen LogP contribution in [0.4, 0.5) is 22.0 Å². The summed E-state index contributed by atoms with van der Waals surface area (Å²) in [5, 5.41) is 14.3. The van der Waals surface area contributed by atoms with E-state index in [0.29, 0.717) is 6.07 Å². The van der Waals surface area contributed by atoms with Gasteiger partial charge in [0.05, 0.1) is 6.61 Å². The molecule has 0 aliphatic carbocycles. The van der Waals surface area contributed by atoms with Crippen LogP contribution < -0.4 is 5.32 Å². The highest BCUT2D eigenvalue weighted by molar-refractivity contribution is 5.93. The molecule has 0 atom stereocenters.